The Morgan fingerprint density at radius 1 is 1.60 bits per heavy atom. The summed E-state index contributed by atoms with van der Waals surface area (Å²) in [6.07, 6.45) is 0.907. The molecule has 0 spiro atoms. The maximum Gasteiger partial charge on any atom is 0.281 e. The molecule has 1 aromatic rings. The van der Waals surface area contributed by atoms with Crippen LogP contribution in [-0.4, -0.2) is 11.6 Å². The fraction of sp³-hybridized carbons (Fsp3) is 0.455. The van der Waals surface area contributed by atoms with Gasteiger partial charge in [0.1, 0.15) is 0 Å². The van der Waals surface area contributed by atoms with E-state index in [1.807, 2.05) is 18.4 Å². The Morgan fingerprint density at radius 2 is 2.33 bits per heavy atom. The topological polar surface area (TPSA) is 41.5 Å². The highest BCUT2D eigenvalue weighted by Crippen LogP contribution is 2.07. The van der Waals surface area contributed by atoms with Crippen LogP contribution in [0.4, 0.5) is 0 Å². The van der Waals surface area contributed by atoms with Crippen molar-refractivity contribution in [1.29, 1.82) is 0 Å². The van der Waals surface area contributed by atoms with Gasteiger partial charge in [-0.05, 0) is 30.7 Å². The lowest BCUT2D eigenvalue weighted by Crippen LogP contribution is -2.18. The molecular formula is C11H16N2OS. The minimum Gasteiger partial charge on any atom is -0.266 e. The fourth-order valence-electron chi connectivity index (χ4n) is 1.25. The Bertz CT molecular complexity index is 341. The van der Waals surface area contributed by atoms with Crippen LogP contribution in [0.25, 0.3) is 0 Å². The number of hydrogen-bond acceptors (Lipinski definition) is 3. The molecule has 0 saturated carbocycles. The van der Waals surface area contributed by atoms with Crippen molar-refractivity contribution in [3.05, 3.63) is 22.4 Å². The maximum atomic E-state index is 11.5. The van der Waals surface area contributed by atoms with Crippen molar-refractivity contribution >= 4 is 23.0 Å². The van der Waals surface area contributed by atoms with Crippen LogP contribution < -0.4 is 5.43 Å². The Hall–Kier alpha value is -1.16. The molecule has 4 heteroatoms. The number of carbonyl (C=O) groups excluding carboxylic acids is 1. The van der Waals surface area contributed by atoms with E-state index in [0.29, 0.717) is 10.8 Å². The summed E-state index contributed by atoms with van der Waals surface area (Å²) in [6.45, 7) is 6.18. The molecule has 15 heavy (non-hydrogen) atoms. The Morgan fingerprint density at radius 3 is 2.87 bits per heavy atom. The number of nitrogens with one attached hydrogen (secondary N) is 1. The molecule has 0 fully saturated rings. The third kappa shape index (κ3) is 4.25. The summed E-state index contributed by atoms with van der Waals surface area (Å²) in [5.74, 6) is 0.431. The lowest BCUT2D eigenvalue weighted by Gasteiger charge is -2.03. The predicted octanol–water partition coefficient (Wildman–Crippen LogP) is 2.90. The van der Waals surface area contributed by atoms with Crippen molar-refractivity contribution in [3.63, 3.8) is 0 Å². The number of nitrogens with zero attached hydrogens (tertiary/aromatic N) is 1. The predicted molar refractivity (Wildman–Crippen MR) is 64.3 cm³/mol. The molecule has 0 aliphatic heterocycles. The van der Waals surface area contributed by atoms with Gasteiger partial charge in [-0.15, -0.1) is 11.3 Å². The zero-order valence-electron chi connectivity index (χ0n) is 9.28. The minimum absolute atomic E-state index is 0.131. The van der Waals surface area contributed by atoms with Gasteiger partial charge in [0.25, 0.3) is 5.91 Å². The molecular weight excluding hydrogens is 208 g/mol. The van der Waals surface area contributed by atoms with Crippen molar-refractivity contribution in [3.8, 4) is 0 Å². The van der Waals surface area contributed by atoms with Gasteiger partial charge in [0, 0.05) is 5.71 Å². The molecule has 1 N–H and O–H groups in total. The van der Waals surface area contributed by atoms with Gasteiger partial charge >= 0.3 is 0 Å². The second-order valence-electron chi connectivity index (χ2n) is 3.86. The number of carbonyl (C=O) groups is 1. The van der Waals surface area contributed by atoms with Crippen LogP contribution in [0.15, 0.2) is 22.6 Å². The zero-order chi connectivity index (χ0) is 11.3. The second-order valence-corrected chi connectivity index (χ2v) is 4.81. The van der Waals surface area contributed by atoms with E-state index in [1.54, 1.807) is 6.07 Å². The molecule has 0 aliphatic carbocycles. The van der Waals surface area contributed by atoms with E-state index in [1.165, 1.54) is 11.3 Å². The van der Waals surface area contributed by atoms with Crippen molar-refractivity contribution in [2.24, 2.45) is 11.0 Å². The molecule has 0 unspecified atom stereocenters. The molecule has 0 atom stereocenters. The van der Waals surface area contributed by atoms with Gasteiger partial charge in [0.15, 0.2) is 0 Å². The maximum absolute atomic E-state index is 11.5. The molecule has 82 valence electrons. The summed E-state index contributed by atoms with van der Waals surface area (Å²) >= 11 is 1.42. The van der Waals surface area contributed by atoms with Crippen molar-refractivity contribution < 1.29 is 4.79 Å². The molecule has 1 rings (SSSR count). The first-order valence-electron chi connectivity index (χ1n) is 4.96. The molecule has 1 aromatic heterocycles. The SMILES string of the molecule is CC(CC(C)C)=NNC(=O)c1cccs1. The quantitative estimate of drug-likeness (QED) is 0.620. The summed E-state index contributed by atoms with van der Waals surface area (Å²) in [4.78, 5) is 12.2. The van der Waals surface area contributed by atoms with Crippen LogP contribution in [-0.2, 0) is 0 Å². The van der Waals surface area contributed by atoms with Crippen LogP contribution in [0, 0.1) is 5.92 Å². The number of hydrazone groups is 1. The highest BCUT2D eigenvalue weighted by molar-refractivity contribution is 7.12. The number of thiophene rings is 1. The van der Waals surface area contributed by atoms with E-state index in [2.05, 4.69) is 24.4 Å². The zero-order valence-corrected chi connectivity index (χ0v) is 10.1. The standard InChI is InChI=1S/C11H16N2OS/c1-8(2)7-9(3)12-13-11(14)10-5-4-6-15-10/h4-6,8H,7H2,1-3H3,(H,13,14). The average molecular weight is 224 g/mol. The van der Waals surface area contributed by atoms with Crippen LogP contribution >= 0.6 is 11.3 Å². The molecule has 0 aromatic carbocycles. The lowest BCUT2D eigenvalue weighted by atomic mass is 10.1. The summed E-state index contributed by atoms with van der Waals surface area (Å²) in [5, 5.41) is 5.92. The van der Waals surface area contributed by atoms with Gasteiger partial charge in [-0.25, -0.2) is 5.43 Å². The largest absolute Gasteiger partial charge is 0.281 e. The van der Waals surface area contributed by atoms with E-state index < -0.39 is 0 Å². The van der Waals surface area contributed by atoms with E-state index in [-0.39, 0.29) is 5.91 Å². The first-order valence-corrected chi connectivity index (χ1v) is 5.84. The summed E-state index contributed by atoms with van der Waals surface area (Å²) in [7, 11) is 0. The molecule has 1 amide bonds. The lowest BCUT2D eigenvalue weighted by molar-refractivity contribution is 0.0958. The van der Waals surface area contributed by atoms with Gasteiger partial charge < -0.3 is 0 Å². The Kier molecular flexibility index (Phi) is 4.49. The third-order valence-corrected chi connectivity index (χ3v) is 2.67. The molecule has 0 saturated heterocycles. The number of hydrogen-bond donors (Lipinski definition) is 1. The fourth-order valence-corrected chi connectivity index (χ4v) is 1.86. The molecule has 3 nitrogen and oxygen atoms in total. The van der Waals surface area contributed by atoms with Gasteiger partial charge in [0.2, 0.25) is 0 Å². The second kappa shape index (κ2) is 5.66. The van der Waals surface area contributed by atoms with Gasteiger partial charge in [0.05, 0.1) is 4.88 Å². The highest BCUT2D eigenvalue weighted by Gasteiger charge is 2.04. The third-order valence-electron chi connectivity index (χ3n) is 1.80. The van der Waals surface area contributed by atoms with Crippen LogP contribution in [0.2, 0.25) is 0 Å². The van der Waals surface area contributed by atoms with Gasteiger partial charge in [-0.3, -0.25) is 4.79 Å². The van der Waals surface area contributed by atoms with E-state index in [4.69, 9.17) is 0 Å². The Labute approximate surface area is 94.2 Å². The van der Waals surface area contributed by atoms with E-state index in [9.17, 15) is 4.79 Å². The normalized spacial score (nSPS) is 11.9. The van der Waals surface area contributed by atoms with E-state index in [0.717, 1.165) is 12.1 Å². The summed E-state index contributed by atoms with van der Waals surface area (Å²) in [6, 6.07) is 3.64. The summed E-state index contributed by atoms with van der Waals surface area (Å²) in [5.41, 5.74) is 3.50. The van der Waals surface area contributed by atoms with Crippen molar-refractivity contribution in [2.75, 3.05) is 0 Å². The molecule has 0 bridgehead atoms. The monoisotopic (exact) mass is 224 g/mol. The first-order chi connectivity index (χ1) is 7.09. The molecule has 1 heterocycles. The van der Waals surface area contributed by atoms with Crippen LogP contribution in [0.5, 0.6) is 0 Å². The van der Waals surface area contributed by atoms with Crippen molar-refractivity contribution in [2.45, 2.75) is 27.2 Å². The molecule has 0 aliphatic rings. The van der Waals surface area contributed by atoms with Gasteiger partial charge in [-0.1, -0.05) is 19.9 Å². The number of rotatable bonds is 4. The van der Waals surface area contributed by atoms with Crippen LogP contribution in [0.1, 0.15) is 36.9 Å². The smallest absolute Gasteiger partial charge is 0.266 e. The minimum atomic E-state index is -0.131. The van der Waals surface area contributed by atoms with E-state index >= 15 is 0 Å². The number of amides is 1. The average Bonchev–Trinajstić information content (AvgIpc) is 2.65. The van der Waals surface area contributed by atoms with Gasteiger partial charge in [-0.2, -0.15) is 5.10 Å². The van der Waals surface area contributed by atoms with Crippen LogP contribution in [0.3, 0.4) is 0 Å². The van der Waals surface area contributed by atoms with Crippen molar-refractivity contribution in [1.82, 2.24) is 5.43 Å². The summed E-state index contributed by atoms with van der Waals surface area (Å²) < 4.78 is 0. The molecule has 0 radical (unpaired) electrons. The first kappa shape index (κ1) is 11.9. The Balaban J connectivity index is 2.46. The highest BCUT2D eigenvalue weighted by atomic mass is 32.1.